The Bertz CT molecular complexity index is 1000. The van der Waals surface area contributed by atoms with Gasteiger partial charge in [0.1, 0.15) is 23.0 Å². The van der Waals surface area contributed by atoms with Gasteiger partial charge in [0, 0.05) is 40.3 Å². The quantitative estimate of drug-likeness (QED) is 0.573. The molecule has 0 radical (unpaired) electrons. The molecule has 12 heteroatoms. The number of hydrogen-bond acceptors (Lipinski definition) is 6. The lowest BCUT2D eigenvalue weighted by Gasteiger charge is -2.69. The third-order valence-electron chi connectivity index (χ3n) is 9.26. The normalized spacial score (nSPS) is 33.2. The summed E-state index contributed by atoms with van der Waals surface area (Å²) in [5.74, 6) is 3.36. The van der Waals surface area contributed by atoms with E-state index in [1.165, 1.54) is 0 Å². The van der Waals surface area contributed by atoms with Crippen molar-refractivity contribution in [2.45, 2.75) is 0 Å². The summed E-state index contributed by atoms with van der Waals surface area (Å²) < 4.78 is 29.1. The fourth-order valence-electron chi connectivity index (χ4n) is 7.87. The summed E-state index contributed by atoms with van der Waals surface area (Å²) in [6, 6.07) is 16.2. The standard InChI is InChI=1S/C20H28B4N4O4/c1-25-13-15-27(3)21(25)23(29-17-9-5-6-10-18(17)30-23)28(4)16-14-26(2)22(28)24(27)31-19-11-7-8-12-20(19)32-24/h5-12H,13-16H2,1-4H3/t27-,28+. The summed E-state index contributed by atoms with van der Waals surface area (Å²) in [6.45, 7) is -0.0273. The van der Waals surface area contributed by atoms with E-state index >= 15 is 0 Å². The number of hydrogen-bond donors (Lipinski definition) is 0. The molecule has 0 aliphatic carbocycles. The van der Waals surface area contributed by atoms with Crippen molar-refractivity contribution in [3.8, 4) is 23.0 Å². The van der Waals surface area contributed by atoms with Crippen molar-refractivity contribution in [3.05, 3.63) is 48.5 Å². The molecule has 5 heterocycles. The van der Waals surface area contributed by atoms with E-state index < -0.39 is 13.2 Å². The lowest BCUT2D eigenvalue weighted by Crippen LogP contribution is -3.03. The Kier molecular flexibility index (Phi) is 3.49. The number of rotatable bonds is 0. The zero-order valence-corrected chi connectivity index (χ0v) is 19.2. The van der Waals surface area contributed by atoms with Crippen LogP contribution in [0, 0.1) is 0 Å². The molecule has 2 spiro atoms. The highest BCUT2D eigenvalue weighted by Crippen LogP contribution is 2.54. The van der Waals surface area contributed by atoms with Gasteiger partial charge in [-0.2, -0.15) is 0 Å². The SMILES string of the molecule is CN1CC[N@@+]2(C)B1[B-]1(Oc3ccccc3O1)[N@+]1(C)CCN(C)B1[B-]21Oc2ccccc2O1. The number of para-hydroxylation sites is 4. The minimum Gasteiger partial charge on any atom is -0.631 e. The lowest BCUT2D eigenvalue weighted by atomic mass is 9.08. The average molecular weight is 432 g/mol. The summed E-state index contributed by atoms with van der Waals surface area (Å²) in [7, 11) is 8.95. The fraction of sp³-hybridized carbons (Fsp3) is 0.400. The van der Waals surface area contributed by atoms with Gasteiger partial charge in [-0.05, 0) is 38.4 Å². The number of quaternary nitrogens is 2. The fourth-order valence-corrected chi connectivity index (χ4v) is 7.87. The molecule has 0 saturated carbocycles. The minimum absolute atomic E-state index is 0.0375. The first kappa shape index (κ1) is 19.2. The largest absolute Gasteiger partial charge is 0.631 e. The molecule has 3 fully saturated rings. The van der Waals surface area contributed by atoms with Gasteiger partial charge in [-0.15, -0.1) is 0 Å². The molecule has 0 amide bonds. The van der Waals surface area contributed by atoms with Crippen LogP contribution in [0.1, 0.15) is 0 Å². The first-order valence-electron chi connectivity index (χ1n) is 11.7. The maximum atomic E-state index is 6.96. The van der Waals surface area contributed by atoms with Crippen molar-refractivity contribution in [1.82, 2.24) is 9.62 Å². The van der Waals surface area contributed by atoms with Crippen LogP contribution in [0.15, 0.2) is 48.5 Å². The van der Waals surface area contributed by atoms with Crippen LogP contribution in [0.5, 0.6) is 23.0 Å². The van der Waals surface area contributed by atoms with E-state index in [4.69, 9.17) is 18.6 Å². The first-order chi connectivity index (χ1) is 15.3. The number of nitrogens with zero attached hydrogens (tertiary/aromatic N) is 4. The van der Waals surface area contributed by atoms with Crippen LogP contribution >= 0.6 is 0 Å². The van der Waals surface area contributed by atoms with E-state index in [-0.39, 0.29) is 13.7 Å². The molecule has 7 rings (SSSR count). The summed E-state index contributed by atoms with van der Waals surface area (Å²) >= 11 is 0. The van der Waals surface area contributed by atoms with Crippen LogP contribution in [-0.2, 0) is 0 Å². The van der Waals surface area contributed by atoms with Crippen molar-refractivity contribution < 1.29 is 27.2 Å². The van der Waals surface area contributed by atoms with Crippen LogP contribution in [0.3, 0.4) is 0 Å². The van der Waals surface area contributed by atoms with E-state index in [1.54, 1.807) is 0 Å². The van der Waals surface area contributed by atoms with Gasteiger partial charge in [0.2, 0.25) is 0 Å². The van der Waals surface area contributed by atoms with Crippen LogP contribution in [-0.4, -0.2) is 99.5 Å². The van der Waals surface area contributed by atoms with Gasteiger partial charge >= 0.3 is 26.9 Å². The van der Waals surface area contributed by atoms with Crippen molar-refractivity contribution in [1.29, 1.82) is 0 Å². The van der Waals surface area contributed by atoms with Gasteiger partial charge in [-0.3, -0.25) is 0 Å². The molecule has 0 N–H and O–H groups in total. The Balaban J connectivity index is 1.48. The van der Waals surface area contributed by atoms with Crippen LogP contribution in [0.25, 0.3) is 0 Å². The van der Waals surface area contributed by atoms with Crippen molar-refractivity contribution in [2.75, 3.05) is 54.4 Å². The molecule has 3 saturated heterocycles. The monoisotopic (exact) mass is 432 g/mol. The lowest BCUT2D eigenvalue weighted by molar-refractivity contribution is -0.750. The van der Waals surface area contributed by atoms with Crippen LogP contribution in [0.4, 0.5) is 0 Å². The Labute approximate surface area is 189 Å². The van der Waals surface area contributed by atoms with Gasteiger partial charge in [0.05, 0.1) is 0 Å². The summed E-state index contributed by atoms with van der Waals surface area (Å²) in [5, 5.41) is 0. The summed E-state index contributed by atoms with van der Waals surface area (Å²) in [5.41, 5.74) is 0. The molecule has 5 aliphatic heterocycles. The topological polar surface area (TPSA) is 43.4 Å². The van der Waals surface area contributed by atoms with Crippen molar-refractivity contribution in [2.24, 2.45) is 0 Å². The number of likely N-dealkylation sites (N-methyl/N-ethyl adjacent to an activating group) is 4. The molecule has 0 unspecified atom stereocenters. The Hall–Kier alpha value is -2.26. The maximum Gasteiger partial charge on any atom is 0.597 e. The number of benzene rings is 2. The van der Waals surface area contributed by atoms with Gasteiger partial charge in [-0.25, -0.2) is 0 Å². The molecule has 164 valence electrons. The van der Waals surface area contributed by atoms with Gasteiger partial charge in [0.25, 0.3) is 0 Å². The predicted molar refractivity (Wildman–Crippen MR) is 126 cm³/mol. The Morgan fingerprint density at radius 2 is 0.969 bits per heavy atom. The van der Waals surface area contributed by atoms with E-state index in [9.17, 15) is 0 Å². The first-order valence-corrected chi connectivity index (χ1v) is 11.7. The second-order valence-corrected chi connectivity index (χ2v) is 10.8. The zero-order chi connectivity index (χ0) is 21.9. The highest BCUT2D eigenvalue weighted by molar-refractivity contribution is 7.34. The van der Waals surface area contributed by atoms with Gasteiger partial charge in [-0.1, -0.05) is 24.3 Å². The van der Waals surface area contributed by atoms with Gasteiger partial charge < -0.3 is 36.8 Å². The molecule has 2 aromatic rings. The van der Waals surface area contributed by atoms with Crippen molar-refractivity contribution >= 4 is 26.9 Å². The molecular formula is C20H28B4N4O4. The number of fused-ring (bicyclic) bond motifs is 8. The van der Waals surface area contributed by atoms with Crippen LogP contribution in [0.2, 0.25) is 0 Å². The molecule has 2 atom stereocenters. The van der Waals surface area contributed by atoms with Crippen molar-refractivity contribution in [3.63, 3.8) is 0 Å². The van der Waals surface area contributed by atoms with E-state index in [1.807, 2.05) is 48.5 Å². The average Bonchev–Trinajstić information content (AvgIpc) is 3.50. The molecule has 2 aromatic carbocycles. The molecule has 0 bridgehead atoms. The van der Waals surface area contributed by atoms with Crippen LogP contribution < -0.4 is 18.6 Å². The van der Waals surface area contributed by atoms with E-state index in [0.29, 0.717) is 8.61 Å². The maximum absolute atomic E-state index is 6.96. The van der Waals surface area contributed by atoms with E-state index in [0.717, 1.165) is 49.2 Å². The molecule has 5 aliphatic rings. The molecule has 0 aromatic heterocycles. The minimum atomic E-state index is -1.81. The molecule has 32 heavy (non-hydrogen) atoms. The second kappa shape index (κ2) is 5.80. The third kappa shape index (κ3) is 1.92. The second-order valence-electron chi connectivity index (χ2n) is 10.8. The smallest absolute Gasteiger partial charge is 0.597 e. The highest BCUT2D eigenvalue weighted by atomic mass is 16.7. The summed E-state index contributed by atoms with van der Waals surface area (Å²) in [6.07, 6.45) is 0. The highest BCUT2D eigenvalue weighted by Gasteiger charge is 2.90. The van der Waals surface area contributed by atoms with Gasteiger partial charge in [0.15, 0.2) is 0 Å². The molecule has 8 nitrogen and oxygen atoms in total. The van der Waals surface area contributed by atoms with E-state index in [2.05, 4.69) is 37.8 Å². The zero-order valence-electron chi connectivity index (χ0n) is 19.2. The summed E-state index contributed by atoms with van der Waals surface area (Å²) in [4.78, 5) is 4.81. The Morgan fingerprint density at radius 1 is 0.656 bits per heavy atom. The third-order valence-corrected chi connectivity index (χ3v) is 9.26. The Morgan fingerprint density at radius 3 is 1.28 bits per heavy atom. The predicted octanol–water partition coefficient (Wildman–Crippen LogP) is 0.738. The molecular weight excluding hydrogens is 403 g/mol.